The molecule has 0 saturated heterocycles. The molecule has 0 atom stereocenters. The Kier molecular flexibility index (Phi) is 3.71. The van der Waals surface area contributed by atoms with Crippen LogP contribution in [0.25, 0.3) is 11.8 Å². The third-order valence-electron chi connectivity index (χ3n) is 3.42. The molecule has 22 heavy (non-hydrogen) atoms. The van der Waals surface area contributed by atoms with Gasteiger partial charge in [0.15, 0.2) is 5.78 Å². The van der Waals surface area contributed by atoms with Crippen molar-refractivity contribution in [2.24, 2.45) is 0 Å². The van der Waals surface area contributed by atoms with Crippen molar-refractivity contribution in [1.82, 2.24) is 0 Å². The van der Waals surface area contributed by atoms with E-state index in [0.717, 1.165) is 11.1 Å². The molecule has 0 aromatic heterocycles. The lowest BCUT2D eigenvalue weighted by Crippen LogP contribution is -1.97. The predicted octanol–water partition coefficient (Wildman–Crippen LogP) is 3.87. The minimum atomic E-state index is -0.366. The zero-order chi connectivity index (χ0) is 15.5. The molecule has 1 heterocycles. The van der Waals surface area contributed by atoms with Gasteiger partial charge >= 0.3 is 5.97 Å². The lowest BCUT2D eigenvalue weighted by atomic mass is 10.1. The molecular formula is C19H14O3. The number of carbonyl (C=O) groups is 2. The fraction of sp³-hybridized carbons (Fsp3) is 0.0526. The minimum Gasteiger partial charge on any atom is -0.422 e. The van der Waals surface area contributed by atoms with Gasteiger partial charge in [-0.3, -0.25) is 4.79 Å². The molecule has 3 heteroatoms. The number of benzene rings is 2. The second kappa shape index (κ2) is 5.82. The first kappa shape index (κ1) is 14.0. The summed E-state index contributed by atoms with van der Waals surface area (Å²) in [6, 6.07) is 16.6. The van der Waals surface area contributed by atoms with Crippen LogP contribution < -0.4 is 0 Å². The van der Waals surface area contributed by atoms with E-state index in [1.54, 1.807) is 36.4 Å². The largest absolute Gasteiger partial charge is 0.422 e. The lowest BCUT2D eigenvalue weighted by molar-refractivity contribution is -0.130. The maximum absolute atomic E-state index is 11.9. The van der Waals surface area contributed by atoms with Crippen LogP contribution in [0.4, 0.5) is 0 Å². The minimum absolute atomic E-state index is 0.00797. The zero-order valence-corrected chi connectivity index (χ0v) is 12.1. The van der Waals surface area contributed by atoms with Crippen molar-refractivity contribution in [1.29, 1.82) is 0 Å². The highest BCUT2D eigenvalue weighted by molar-refractivity contribution is 6.05. The van der Waals surface area contributed by atoms with Crippen LogP contribution in [0, 0.1) is 0 Å². The highest BCUT2D eigenvalue weighted by Crippen LogP contribution is 2.27. The van der Waals surface area contributed by atoms with Crippen LogP contribution in [-0.4, -0.2) is 11.8 Å². The van der Waals surface area contributed by atoms with Crippen LogP contribution >= 0.6 is 0 Å². The van der Waals surface area contributed by atoms with Crippen LogP contribution in [0.5, 0.6) is 0 Å². The average Bonchev–Trinajstić information content (AvgIpc) is 2.89. The van der Waals surface area contributed by atoms with Gasteiger partial charge in [0, 0.05) is 11.1 Å². The van der Waals surface area contributed by atoms with E-state index < -0.39 is 0 Å². The van der Waals surface area contributed by atoms with E-state index in [0.29, 0.717) is 16.9 Å². The molecular weight excluding hydrogens is 276 g/mol. The van der Waals surface area contributed by atoms with Gasteiger partial charge in [-0.05, 0) is 24.6 Å². The van der Waals surface area contributed by atoms with Crippen LogP contribution in [0.15, 0.2) is 66.2 Å². The molecule has 1 aliphatic rings. The topological polar surface area (TPSA) is 43.4 Å². The fourth-order valence-corrected chi connectivity index (χ4v) is 2.23. The van der Waals surface area contributed by atoms with Gasteiger partial charge in [0.1, 0.15) is 5.76 Å². The smallest absolute Gasteiger partial charge is 0.343 e. The van der Waals surface area contributed by atoms with Gasteiger partial charge in [-0.25, -0.2) is 4.79 Å². The van der Waals surface area contributed by atoms with E-state index in [9.17, 15) is 9.59 Å². The maximum atomic E-state index is 11.9. The molecule has 0 N–H and O–H groups in total. The molecule has 0 saturated carbocycles. The number of ketones is 1. The third kappa shape index (κ3) is 2.88. The first-order valence-electron chi connectivity index (χ1n) is 6.95. The summed E-state index contributed by atoms with van der Waals surface area (Å²) < 4.78 is 5.30. The monoisotopic (exact) mass is 290 g/mol. The van der Waals surface area contributed by atoms with Crippen molar-refractivity contribution in [3.8, 4) is 0 Å². The second-order valence-corrected chi connectivity index (χ2v) is 5.04. The van der Waals surface area contributed by atoms with Gasteiger partial charge in [0.25, 0.3) is 0 Å². The Morgan fingerprint density at radius 2 is 1.68 bits per heavy atom. The van der Waals surface area contributed by atoms with E-state index in [2.05, 4.69) is 0 Å². The number of Topliss-reactive ketones (excluding diaryl/α,β-unsaturated/α-hetero) is 1. The summed E-state index contributed by atoms with van der Waals surface area (Å²) >= 11 is 0. The van der Waals surface area contributed by atoms with Gasteiger partial charge in [-0.1, -0.05) is 54.6 Å². The summed E-state index contributed by atoms with van der Waals surface area (Å²) in [4.78, 5) is 23.2. The molecule has 0 bridgehead atoms. The summed E-state index contributed by atoms with van der Waals surface area (Å²) in [5.74, 6) is 0.144. The normalized spacial score (nSPS) is 15.6. The summed E-state index contributed by atoms with van der Waals surface area (Å²) in [6.45, 7) is 1.52. The first-order chi connectivity index (χ1) is 10.6. The highest BCUT2D eigenvalue weighted by atomic mass is 16.5. The predicted molar refractivity (Wildman–Crippen MR) is 84.9 cm³/mol. The van der Waals surface area contributed by atoms with Gasteiger partial charge < -0.3 is 4.74 Å². The third-order valence-corrected chi connectivity index (χ3v) is 3.42. The standard InChI is InChI=1S/C19H14O3/c1-13(20)15-7-9-16(10-8-15)18-12-17(19(21)22-18)11-14-5-3-2-4-6-14/h2-12H,1H3/b17-11+. The Bertz CT molecular complexity index is 781. The van der Waals surface area contributed by atoms with Crippen molar-refractivity contribution >= 4 is 23.6 Å². The van der Waals surface area contributed by atoms with Gasteiger partial charge in [-0.2, -0.15) is 0 Å². The molecule has 0 amide bonds. The van der Waals surface area contributed by atoms with Crippen molar-refractivity contribution in [2.45, 2.75) is 6.92 Å². The number of rotatable bonds is 3. The number of cyclic esters (lactones) is 1. The molecule has 0 spiro atoms. The number of hydrogen-bond donors (Lipinski definition) is 0. The van der Waals surface area contributed by atoms with Crippen molar-refractivity contribution in [3.05, 3.63) is 82.9 Å². The highest BCUT2D eigenvalue weighted by Gasteiger charge is 2.21. The van der Waals surface area contributed by atoms with E-state index in [1.807, 2.05) is 30.3 Å². The van der Waals surface area contributed by atoms with Crippen LogP contribution in [0.1, 0.15) is 28.4 Å². The van der Waals surface area contributed by atoms with Crippen LogP contribution in [-0.2, 0) is 9.53 Å². The quantitative estimate of drug-likeness (QED) is 0.489. The Hall–Kier alpha value is -2.94. The van der Waals surface area contributed by atoms with E-state index in [1.165, 1.54) is 6.92 Å². The number of ether oxygens (including phenoxy) is 1. The molecule has 0 unspecified atom stereocenters. The molecule has 108 valence electrons. The van der Waals surface area contributed by atoms with Gasteiger partial charge in [-0.15, -0.1) is 0 Å². The van der Waals surface area contributed by atoms with Crippen LogP contribution in [0.3, 0.4) is 0 Å². The van der Waals surface area contributed by atoms with Gasteiger partial charge in [0.2, 0.25) is 0 Å². The zero-order valence-electron chi connectivity index (χ0n) is 12.1. The Morgan fingerprint density at radius 3 is 2.32 bits per heavy atom. The van der Waals surface area contributed by atoms with Crippen molar-refractivity contribution < 1.29 is 14.3 Å². The number of esters is 1. The molecule has 2 aromatic carbocycles. The molecule has 3 rings (SSSR count). The molecule has 1 aliphatic heterocycles. The molecule has 0 fully saturated rings. The summed E-state index contributed by atoms with van der Waals surface area (Å²) in [7, 11) is 0. The SMILES string of the molecule is CC(=O)c1ccc(C2=C/C(=C\c3ccccc3)C(=O)O2)cc1. The Labute approximate surface area is 128 Å². The van der Waals surface area contributed by atoms with Crippen LogP contribution in [0.2, 0.25) is 0 Å². The van der Waals surface area contributed by atoms with Gasteiger partial charge in [0.05, 0.1) is 5.57 Å². The summed E-state index contributed by atoms with van der Waals surface area (Å²) in [6.07, 6.45) is 3.51. The average molecular weight is 290 g/mol. The second-order valence-electron chi connectivity index (χ2n) is 5.04. The maximum Gasteiger partial charge on any atom is 0.343 e. The molecule has 0 radical (unpaired) electrons. The molecule has 3 nitrogen and oxygen atoms in total. The molecule has 2 aromatic rings. The summed E-state index contributed by atoms with van der Waals surface area (Å²) in [5, 5.41) is 0. The van der Waals surface area contributed by atoms with E-state index >= 15 is 0 Å². The Morgan fingerprint density at radius 1 is 1.00 bits per heavy atom. The van der Waals surface area contributed by atoms with E-state index in [4.69, 9.17) is 4.74 Å². The van der Waals surface area contributed by atoms with Crippen molar-refractivity contribution in [3.63, 3.8) is 0 Å². The first-order valence-corrected chi connectivity index (χ1v) is 6.95. The number of hydrogen-bond acceptors (Lipinski definition) is 3. The number of carbonyl (C=O) groups excluding carboxylic acids is 2. The van der Waals surface area contributed by atoms with E-state index in [-0.39, 0.29) is 11.8 Å². The fourth-order valence-electron chi connectivity index (χ4n) is 2.23. The van der Waals surface area contributed by atoms with Crippen molar-refractivity contribution in [2.75, 3.05) is 0 Å². The summed E-state index contributed by atoms with van der Waals surface area (Å²) in [5.41, 5.74) is 2.86. The Balaban J connectivity index is 1.90. The molecule has 0 aliphatic carbocycles. The lowest BCUT2D eigenvalue weighted by Gasteiger charge is -2.02.